The molecule has 32 heavy (non-hydrogen) atoms. The van der Waals surface area contributed by atoms with Crippen molar-refractivity contribution in [2.24, 2.45) is 11.8 Å². The van der Waals surface area contributed by atoms with Gasteiger partial charge in [0.25, 0.3) is 0 Å². The van der Waals surface area contributed by atoms with Gasteiger partial charge in [0.05, 0.1) is 0 Å². The summed E-state index contributed by atoms with van der Waals surface area (Å²) in [6, 6.07) is 13.6. The molecule has 6 heteroatoms. The van der Waals surface area contributed by atoms with E-state index < -0.39 is 5.41 Å². The number of benzene rings is 2. The SMILES string of the molecule is CSc1cccc(C2=CC(=O)C[C@@H](C3C=CC=C(Cl)C3)[C@]23C(=O)Nc2cc(Cl)ccc23)c1. The van der Waals surface area contributed by atoms with E-state index in [0.717, 1.165) is 26.6 Å². The number of thioether (sulfide) groups is 1. The first-order valence-corrected chi connectivity index (χ1v) is 12.5. The van der Waals surface area contributed by atoms with Gasteiger partial charge in [-0.05, 0) is 77.6 Å². The zero-order valence-corrected chi connectivity index (χ0v) is 19.7. The Morgan fingerprint density at radius 2 is 1.94 bits per heavy atom. The van der Waals surface area contributed by atoms with Crippen LogP contribution in [-0.2, 0) is 15.0 Å². The van der Waals surface area contributed by atoms with Crippen LogP contribution >= 0.6 is 35.0 Å². The number of amides is 1. The van der Waals surface area contributed by atoms with Gasteiger partial charge in [-0.3, -0.25) is 9.59 Å². The monoisotopic (exact) mass is 481 g/mol. The first-order chi connectivity index (χ1) is 15.4. The molecular weight excluding hydrogens is 461 g/mol. The first kappa shape index (κ1) is 21.6. The van der Waals surface area contributed by atoms with Crippen LogP contribution in [0.1, 0.15) is 24.0 Å². The van der Waals surface area contributed by atoms with Crippen LogP contribution in [0.5, 0.6) is 0 Å². The molecule has 0 radical (unpaired) electrons. The van der Waals surface area contributed by atoms with Crippen LogP contribution in [0.2, 0.25) is 5.02 Å². The molecule has 2 aliphatic carbocycles. The predicted octanol–water partition coefficient (Wildman–Crippen LogP) is 6.62. The van der Waals surface area contributed by atoms with Crippen LogP contribution in [0.25, 0.3) is 5.57 Å². The molecule has 5 rings (SSSR count). The van der Waals surface area contributed by atoms with Gasteiger partial charge in [0.1, 0.15) is 5.41 Å². The van der Waals surface area contributed by atoms with Gasteiger partial charge < -0.3 is 5.32 Å². The van der Waals surface area contributed by atoms with Crippen LogP contribution in [0.4, 0.5) is 5.69 Å². The van der Waals surface area contributed by atoms with Gasteiger partial charge >= 0.3 is 0 Å². The lowest BCUT2D eigenvalue weighted by molar-refractivity contribution is -0.123. The maximum Gasteiger partial charge on any atom is 0.239 e. The smallest absolute Gasteiger partial charge is 0.239 e. The lowest BCUT2D eigenvalue weighted by Crippen LogP contribution is -2.49. The van der Waals surface area contributed by atoms with E-state index in [9.17, 15) is 9.59 Å². The van der Waals surface area contributed by atoms with E-state index in [2.05, 4.69) is 17.5 Å². The van der Waals surface area contributed by atoms with Gasteiger partial charge in [0.15, 0.2) is 5.78 Å². The standard InChI is InChI=1S/C26H21Cl2NO2S/c1-32-20-7-3-5-16(11-20)23-14-19(30)13-22(15-4-2-6-17(27)10-15)26(23)21-9-8-18(28)12-24(21)29-25(26)31/h2-9,11-12,14-15,22H,10,13H2,1H3,(H,29,31)/t15?,22-,26-/m0/s1. The molecule has 3 aliphatic rings. The Balaban J connectivity index is 1.78. The number of carbonyl (C=O) groups is 2. The van der Waals surface area contributed by atoms with Gasteiger partial charge in [-0.2, -0.15) is 0 Å². The van der Waals surface area contributed by atoms with Crippen LogP contribution in [0.3, 0.4) is 0 Å². The highest BCUT2D eigenvalue weighted by atomic mass is 35.5. The summed E-state index contributed by atoms with van der Waals surface area (Å²) in [6.45, 7) is 0. The number of allylic oxidation sites excluding steroid dienone is 5. The third-order valence-electron chi connectivity index (χ3n) is 6.68. The summed E-state index contributed by atoms with van der Waals surface area (Å²) in [5.41, 5.74) is 2.19. The van der Waals surface area contributed by atoms with Crippen molar-refractivity contribution >= 4 is 57.9 Å². The summed E-state index contributed by atoms with van der Waals surface area (Å²) in [5.74, 6) is -0.406. The zero-order valence-electron chi connectivity index (χ0n) is 17.4. The van der Waals surface area contributed by atoms with Gasteiger partial charge in [-0.1, -0.05) is 53.6 Å². The zero-order chi connectivity index (χ0) is 22.5. The molecule has 0 aromatic heterocycles. The highest BCUT2D eigenvalue weighted by molar-refractivity contribution is 7.98. The van der Waals surface area contributed by atoms with Gasteiger partial charge in [-0.15, -0.1) is 11.8 Å². The molecule has 0 saturated heterocycles. The predicted molar refractivity (Wildman–Crippen MR) is 132 cm³/mol. The summed E-state index contributed by atoms with van der Waals surface area (Å²) in [6.07, 6.45) is 10.4. The number of hydrogen-bond acceptors (Lipinski definition) is 3. The number of carbonyl (C=O) groups excluding carboxylic acids is 2. The fraction of sp³-hybridized carbons (Fsp3) is 0.231. The first-order valence-electron chi connectivity index (χ1n) is 10.5. The van der Waals surface area contributed by atoms with Crippen molar-refractivity contribution in [1.29, 1.82) is 0 Å². The van der Waals surface area contributed by atoms with E-state index >= 15 is 0 Å². The molecule has 1 N–H and O–H groups in total. The van der Waals surface area contributed by atoms with Gasteiger partial charge in [0, 0.05) is 27.1 Å². The molecule has 1 heterocycles. The molecule has 0 saturated carbocycles. The lowest BCUT2D eigenvalue weighted by Gasteiger charge is -2.44. The fourth-order valence-electron chi connectivity index (χ4n) is 5.36. The quantitative estimate of drug-likeness (QED) is 0.500. The Hall–Kier alpha value is -2.27. The topological polar surface area (TPSA) is 46.2 Å². The van der Waals surface area contributed by atoms with Crippen LogP contribution in [0, 0.1) is 11.8 Å². The number of rotatable bonds is 3. The van der Waals surface area contributed by atoms with Crippen LogP contribution < -0.4 is 5.32 Å². The molecular formula is C26H21Cl2NO2S. The minimum Gasteiger partial charge on any atom is -0.325 e. The van der Waals surface area contributed by atoms with Crippen molar-refractivity contribution < 1.29 is 9.59 Å². The second-order valence-corrected chi connectivity index (χ2v) is 10.2. The number of hydrogen-bond donors (Lipinski definition) is 1. The van der Waals surface area contributed by atoms with Crippen molar-refractivity contribution in [2.75, 3.05) is 11.6 Å². The molecule has 3 nitrogen and oxygen atoms in total. The summed E-state index contributed by atoms with van der Waals surface area (Å²) in [4.78, 5) is 28.0. The van der Waals surface area contributed by atoms with Crippen molar-refractivity contribution in [3.05, 3.63) is 88.0 Å². The maximum atomic E-state index is 13.9. The minimum atomic E-state index is -1.01. The Labute approximate surface area is 201 Å². The maximum absolute atomic E-state index is 13.9. The Morgan fingerprint density at radius 1 is 1.09 bits per heavy atom. The van der Waals surface area contributed by atoms with Gasteiger partial charge in [-0.25, -0.2) is 0 Å². The van der Waals surface area contributed by atoms with E-state index in [4.69, 9.17) is 23.2 Å². The minimum absolute atomic E-state index is 0.0273. The van der Waals surface area contributed by atoms with E-state index in [-0.39, 0.29) is 29.9 Å². The second-order valence-electron chi connectivity index (χ2n) is 8.39. The highest BCUT2D eigenvalue weighted by Crippen LogP contribution is 2.58. The molecule has 1 unspecified atom stereocenters. The molecule has 0 fully saturated rings. The Kier molecular flexibility index (Phi) is 5.56. The van der Waals surface area contributed by atoms with E-state index in [1.54, 1.807) is 23.9 Å². The van der Waals surface area contributed by atoms with Crippen molar-refractivity contribution in [3.63, 3.8) is 0 Å². The average molecular weight is 482 g/mol. The average Bonchev–Trinajstić information content (AvgIpc) is 3.06. The number of anilines is 1. The summed E-state index contributed by atoms with van der Waals surface area (Å²) in [7, 11) is 0. The molecule has 1 aliphatic heterocycles. The Bertz CT molecular complexity index is 1230. The van der Waals surface area contributed by atoms with Crippen molar-refractivity contribution in [1.82, 2.24) is 0 Å². The normalized spacial score (nSPS) is 26.6. The van der Waals surface area contributed by atoms with Crippen molar-refractivity contribution in [3.8, 4) is 0 Å². The fourth-order valence-corrected chi connectivity index (χ4v) is 6.24. The molecule has 1 amide bonds. The van der Waals surface area contributed by atoms with Gasteiger partial charge in [0.2, 0.25) is 5.91 Å². The van der Waals surface area contributed by atoms with Crippen LogP contribution in [-0.4, -0.2) is 17.9 Å². The number of halogens is 2. The van der Waals surface area contributed by atoms with Crippen molar-refractivity contribution in [2.45, 2.75) is 23.2 Å². The molecule has 2 aromatic rings. The van der Waals surface area contributed by atoms with E-state index in [1.165, 1.54) is 0 Å². The molecule has 0 bridgehead atoms. The third-order valence-corrected chi connectivity index (χ3v) is 7.92. The molecule has 162 valence electrons. The largest absolute Gasteiger partial charge is 0.325 e. The summed E-state index contributed by atoms with van der Waals surface area (Å²) < 4.78 is 0. The number of nitrogens with one attached hydrogen (secondary N) is 1. The summed E-state index contributed by atoms with van der Waals surface area (Å²) in [5, 5.41) is 4.36. The molecule has 3 atom stereocenters. The molecule has 1 spiro atoms. The van der Waals surface area contributed by atoms with E-state index in [1.807, 2.05) is 48.7 Å². The van der Waals surface area contributed by atoms with Crippen LogP contribution in [0.15, 0.2) is 76.7 Å². The summed E-state index contributed by atoms with van der Waals surface area (Å²) >= 11 is 14.3. The molecule has 2 aromatic carbocycles. The van der Waals surface area contributed by atoms with E-state index in [0.29, 0.717) is 17.1 Å². The highest BCUT2D eigenvalue weighted by Gasteiger charge is 2.58. The number of fused-ring (bicyclic) bond motifs is 2. The lowest BCUT2D eigenvalue weighted by atomic mass is 9.56. The third kappa shape index (κ3) is 3.37. The second kappa shape index (κ2) is 8.26. The number of ketones is 1. The Morgan fingerprint density at radius 3 is 2.72 bits per heavy atom.